The van der Waals surface area contributed by atoms with Crippen molar-refractivity contribution in [1.82, 2.24) is 4.98 Å². The number of rotatable bonds is 5. The van der Waals surface area contributed by atoms with Crippen LogP contribution in [0, 0.1) is 12.8 Å². The predicted octanol–water partition coefficient (Wildman–Crippen LogP) is 4.81. The number of carbonyl (C=O) groups excluding carboxylic acids is 1. The first-order valence-electron chi connectivity index (χ1n) is 9.05. The summed E-state index contributed by atoms with van der Waals surface area (Å²) in [5, 5.41) is 1.03. The van der Waals surface area contributed by atoms with Gasteiger partial charge in [0.1, 0.15) is 11.4 Å². The second-order valence-electron chi connectivity index (χ2n) is 7.92. The predicted molar refractivity (Wildman–Crippen MR) is 99.4 cm³/mol. The van der Waals surface area contributed by atoms with Crippen molar-refractivity contribution in [3.05, 3.63) is 35.0 Å². The Balaban J connectivity index is 2.11. The van der Waals surface area contributed by atoms with Crippen LogP contribution in [0.1, 0.15) is 62.2 Å². The minimum Gasteiger partial charge on any atom is -0.493 e. The topological polar surface area (TPSA) is 48.4 Å². The van der Waals surface area contributed by atoms with Gasteiger partial charge in [-0.1, -0.05) is 20.8 Å². The van der Waals surface area contributed by atoms with Gasteiger partial charge in [0.2, 0.25) is 0 Å². The second-order valence-corrected chi connectivity index (χ2v) is 7.92. The SMILES string of the molecule is CCOC(=O)c1cc(C)c2cc(OCC3CC3)cc(C(C)(C)C)c2n1. The van der Waals surface area contributed by atoms with Gasteiger partial charge in [-0.3, -0.25) is 0 Å². The fraction of sp³-hybridized carbons (Fsp3) is 0.524. The lowest BCUT2D eigenvalue weighted by Crippen LogP contribution is -2.15. The maximum atomic E-state index is 12.1. The first-order chi connectivity index (χ1) is 11.8. The third kappa shape index (κ3) is 3.94. The van der Waals surface area contributed by atoms with E-state index < -0.39 is 0 Å². The lowest BCUT2D eigenvalue weighted by Gasteiger charge is -2.23. The normalized spacial score (nSPS) is 14.6. The summed E-state index contributed by atoms with van der Waals surface area (Å²) in [7, 11) is 0. The third-order valence-corrected chi connectivity index (χ3v) is 4.57. The molecule has 134 valence electrons. The van der Waals surface area contributed by atoms with E-state index in [1.54, 1.807) is 13.0 Å². The van der Waals surface area contributed by atoms with Crippen LogP contribution in [0.3, 0.4) is 0 Å². The maximum absolute atomic E-state index is 12.1. The minimum absolute atomic E-state index is 0.107. The molecular weight excluding hydrogens is 314 g/mol. The lowest BCUT2D eigenvalue weighted by atomic mass is 9.84. The van der Waals surface area contributed by atoms with Crippen molar-refractivity contribution >= 4 is 16.9 Å². The van der Waals surface area contributed by atoms with Gasteiger partial charge in [0.05, 0.1) is 18.7 Å². The quantitative estimate of drug-likeness (QED) is 0.733. The molecule has 4 nitrogen and oxygen atoms in total. The molecule has 1 fully saturated rings. The Kier molecular flexibility index (Phi) is 4.72. The van der Waals surface area contributed by atoms with Crippen molar-refractivity contribution in [3.8, 4) is 5.75 Å². The first kappa shape index (κ1) is 17.7. The highest BCUT2D eigenvalue weighted by molar-refractivity contribution is 5.94. The summed E-state index contributed by atoms with van der Waals surface area (Å²) in [5.74, 6) is 1.22. The Hall–Kier alpha value is -2.10. The molecule has 1 heterocycles. The van der Waals surface area contributed by atoms with Crippen LogP contribution in [0.15, 0.2) is 18.2 Å². The number of esters is 1. The van der Waals surface area contributed by atoms with Gasteiger partial charge in [-0.25, -0.2) is 9.78 Å². The second kappa shape index (κ2) is 6.66. The van der Waals surface area contributed by atoms with Gasteiger partial charge in [0.25, 0.3) is 0 Å². The van der Waals surface area contributed by atoms with Crippen LogP contribution in [-0.4, -0.2) is 24.2 Å². The lowest BCUT2D eigenvalue weighted by molar-refractivity contribution is 0.0520. The molecule has 0 saturated heterocycles. The van der Waals surface area contributed by atoms with Crippen LogP contribution in [0.5, 0.6) is 5.75 Å². The fourth-order valence-electron chi connectivity index (χ4n) is 2.93. The van der Waals surface area contributed by atoms with E-state index in [2.05, 4.69) is 31.8 Å². The highest BCUT2D eigenvalue weighted by Gasteiger charge is 2.24. The number of aryl methyl sites for hydroxylation is 1. The average Bonchev–Trinajstić information content (AvgIpc) is 3.36. The molecule has 2 aromatic rings. The van der Waals surface area contributed by atoms with Crippen molar-refractivity contribution in [2.24, 2.45) is 5.92 Å². The summed E-state index contributed by atoms with van der Waals surface area (Å²) in [6.07, 6.45) is 2.53. The first-order valence-corrected chi connectivity index (χ1v) is 9.05. The van der Waals surface area contributed by atoms with Crippen LogP contribution in [0.25, 0.3) is 10.9 Å². The monoisotopic (exact) mass is 341 g/mol. The van der Waals surface area contributed by atoms with E-state index in [1.165, 1.54) is 12.8 Å². The molecule has 0 atom stereocenters. The van der Waals surface area contributed by atoms with Gasteiger partial charge in [-0.05, 0) is 67.3 Å². The fourth-order valence-corrected chi connectivity index (χ4v) is 2.93. The van der Waals surface area contributed by atoms with Crippen LogP contribution >= 0.6 is 0 Å². The number of hydrogen-bond donors (Lipinski definition) is 0. The van der Waals surface area contributed by atoms with Gasteiger partial charge < -0.3 is 9.47 Å². The number of hydrogen-bond acceptors (Lipinski definition) is 4. The molecule has 1 saturated carbocycles. The number of ether oxygens (including phenoxy) is 2. The summed E-state index contributed by atoms with van der Waals surface area (Å²) >= 11 is 0. The number of benzene rings is 1. The Bertz CT molecular complexity index is 801. The maximum Gasteiger partial charge on any atom is 0.356 e. The standard InChI is InChI=1S/C21H27NO3/c1-6-24-20(23)18-9-13(2)16-10-15(25-12-14-7-8-14)11-17(19(16)22-18)21(3,4)5/h9-11,14H,6-8,12H2,1-5H3. The summed E-state index contributed by atoms with van der Waals surface area (Å²) in [6, 6.07) is 5.92. The van der Waals surface area contributed by atoms with Crippen molar-refractivity contribution in [2.75, 3.05) is 13.2 Å². The molecule has 1 aromatic heterocycles. The molecule has 4 heteroatoms. The zero-order valence-electron chi connectivity index (χ0n) is 15.8. The average molecular weight is 341 g/mol. The van der Waals surface area contributed by atoms with Gasteiger partial charge >= 0.3 is 5.97 Å². The van der Waals surface area contributed by atoms with Crippen molar-refractivity contribution in [2.45, 2.75) is 52.9 Å². The molecule has 1 aliphatic rings. The van der Waals surface area contributed by atoms with E-state index in [0.29, 0.717) is 18.2 Å². The highest BCUT2D eigenvalue weighted by Crippen LogP contribution is 2.36. The molecular formula is C21H27NO3. The molecule has 1 aliphatic carbocycles. The number of aromatic nitrogens is 1. The van der Waals surface area contributed by atoms with Crippen LogP contribution in [-0.2, 0) is 10.2 Å². The number of nitrogens with zero attached hydrogens (tertiary/aromatic N) is 1. The number of carbonyl (C=O) groups is 1. The summed E-state index contributed by atoms with van der Waals surface area (Å²) < 4.78 is 11.2. The van der Waals surface area contributed by atoms with Gasteiger partial charge in [0.15, 0.2) is 0 Å². The van der Waals surface area contributed by atoms with E-state index in [-0.39, 0.29) is 11.4 Å². The van der Waals surface area contributed by atoms with E-state index in [9.17, 15) is 4.79 Å². The van der Waals surface area contributed by atoms with Crippen molar-refractivity contribution in [1.29, 1.82) is 0 Å². The zero-order valence-corrected chi connectivity index (χ0v) is 15.8. The van der Waals surface area contributed by atoms with Crippen LogP contribution < -0.4 is 4.74 Å². The zero-order chi connectivity index (χ0) is 18.2. The molecule has 3 rings (SSSR count). The molecule has 0 unspecified atom stereocenters. The number of fused-ring (bicyclic) bond motifs is 1. The summed E-state index contributed by atoms with van der Waals surface area (Å²) in [5.41, 5.74) is 3.21. The molecule has 0 N–H and O–H groups in total. The molecule has 0 bridgehead atoms. The minimum atomic E-state index is -0.374. The Morgan fingerprint density at radius 2 is 1.96 bits per heavy atom. The molecule has 0 amide bonds. The van der Waals surface area contributed by atoms with Gasteiger partial charge in [0, 0.05) is 5.39 Å². The Morgan fingerprint density at radius 3 is 2.56 bits per heavy atom. The summed E-state index contributed by atoms with van der Waals surface area (Å²) in [6.45, 7) is 11.4. The summed E-state index contributed by atoms with van der Waals surface area (Å²) in [4.78, 5) is 16.8. The highest BCUT2D eigenvalue weighted by atomic mass is 16.5. The van der Waals surface area contributed by atoms with Crippen molar-refractivity contribution in [3.63, 3.8) is 0 Å². The molecule has 0 spiro atoms. The number of pyridine rings is 1. The van der Waals surface area contributed by atoms with Gasteiger partial charge in [-0.15, -0.1) is 0 Å². The van der Waals surface area contributed by atoms with Gasteiger partial charge in [-0.2, -0.15) is 0 Å². The largest absolute Gasteiger partial charge is 0.493 e. The Labute approximate surface area is 149 Å². The molecule has 0 aliphatic heterocycles. The molecule has 0 radical (unpaired) electrons. The van der Waals surface area contributed by atoms with E-state index in [1.807, 2.05) is 13.0 Å². The molecule has 25 heavy (non-hydrogen) atoms. The van der Waals surface area contributed by atoms with E-state index in [4.69, 9.17) is 9.47 Å². The smallest absolute Gasteiger partial charge is 0.356 e. The van der Waals surface area contributed by atoms with E-state index in [0.717, 1.165) is 34.4 Å². The molecule has 1 aromatic carbocycles. The van der Waals surface area contributed by atoms with E-state index >= 15 is 0 Å². The third-order valence-electron chi connectivity index (χ3n) is 4.57. The van der Waals surface area contributed by atoms with Crippen molar-refractivity contribution < 1.29 is 14.3 Å². The van der Waals surface area contributed by atoms with Crippen LogP contribution in [0.4, 0.5) is 0 Å². The Morgan fingerprint density at radius 1 is 1.24 bits per heavy atom. The van der Waals surface area contributed by atoms with Crippen LogP contribution in [0.2, 0.25) is 0 Å².